The molecule has 34 heavy (non-hydrogen) atoms. The summed E-state index contributed by atoms with van der Waals surface area (Å²) in [7, 11) is 0. The van der Waals surface area contributed by atoms with Crippen molar-refractivity contribution < 1.29 is 14.4 Å². The molecule has 0 radical (unpaired) electrons. The van der Waals surface area contributed by atoms with Crippen LogP contribution in [0.15, 0.2) is 64.4 Å². The van der Waals surface area contributed by atoms with Crippen LogP contribution in [0.3, 0.4) is 0 Å². The van der Waals surface area contributed by atoms with Gasteiger partial charge in [0.2, 0.25) is 0 Å². The maximum Gasteiger partial charge on any atom is 0.253 e. The molecule has 0 heterocycles. The molecule has 0 spiro atoms. The monoisotopic (exact) mass is 472 g/mol. The number of nitrogen functional groups attached to an aromatic ring is 1. The van der Waals surface area contributed by atoms with Crippen molar-refractivity contribution in [3.63, 3.8) is 0 Å². The van der Waals surface area contributed by atoms with Crippen LogP contribution in [-0.4, -0.2) is 24.0 Å². The summed E-state index contributed by atoms with van der Waals surface area (Å²) in [4.78, 5) is 41.5. The molecule has 1 aliphatic carbocycles. The van der Waals surface area contributed by atoms with Gasteiger partial charge in [-0.1, -0.05) is 79.9 Å². The lowest BCUT2D eigenvalue weighted by molar-refractivity contribution is 0.0950. The average molecular weight is 473 g/mol. The van der Waals surface area contributed by atoms with E-state index in [9.17, 15) is 14.4 Å². The number of hydrogen-bond acceptors (Lipinski definition) is 5. The number of ketones is 2. The molecular formula is C28H28N2O3S. The van der Waals surface area contributed by atoms with E-state index in [-0.39, 0.29) is 39.9 Å². The molecule has 6 heteroatoms. The fourth-order valence-corrected chi connectivity index (χ4v) is 5.13. The lowest BCUT2D eigenvalue weighted by atomic mass is 9.82. The highest BCUT2D eigenvalue weighted by Crippen LogP contribution is 2.41. The molecule has 174 valence electrons. The second kappa shape index (κ2) is 10.3. The zero-order valence-corrected chi connectivity index (χ0v) is 20.3. The van der Waals surface area contributed by atoms with Crippen LogP contribution < -0.4 is 11.1 Å². The number of nitrogens with one attached hydrogen (secondary N) is 1. The number of benzene rings is 3. The largest absolute Gasteiger partial charge is 0.397 e. The van der Waals surface area contributed by atoms with Gasteiger partial charge in [0.1, 0.15) is 0 Å². The van der Waals surface area contributed by atoms with Crippen LogP contribution in [-0.2, 0) is 0 Å². The third-order valence-electron chi connectivity index (χ3n) is 6.01. The van der Waals surface area contributed by atoms with Crippen molar-refractivity contribution in [1.82, 2.24) is 5.32 Å². The van der Waals surface area contributed by atoms with Crippen LogP contribution >= 0.6 is 11.8 Å². The molecule has 0 unspecified atom stereocenters. The molecule has 3 aromatic rings. The summed E-state index contributed by atoms with van der Waals surface area (Å²) in [5.74, 6) is -0.911. The summed E-state index contributed by atoms with van der Waals surface area (Å²) in [6.45, 7) is 4.67. The quantitative estimate of drug-likeness (QED) is 0.249. The molecule has 3 aromatic carbocycles. The van der Waals surface area contributed by atoms with E-state index < -0.39 is 0 Å². The van der Waals surface area contributed by atoms with Gasteiger partial charge in [-0.3, -0.25) is 14.4 Å². The highest BCUT2D eigenvalue weighted by molar-refractivity contribution is 7.99. The summed E-state index contributed by atoms with van der Waals surface area (Å²) in [5.41, 5.74) is 8.87. The maximum atomic E-state index is 13.5. The summed E-state index contributed by atoms with van der Waals surface area (Å²) in [6, 6.07) is 16.3. The fraction of sp³-hybridized carbons (Fsp3) is 0.250. The summed E-state index contributed by atoms with van der Waals surface area (Å²) >= 11 is 1.36. The third-order valence-corrected chi connectivity index (χ3v) is 7.06. The fourth-order valence-electron chi connectivity index (χ4n) is 4.13. The van der Waals surface area contributed by atoms with E-state index in [1.807, 2.05) is 31.2 Å². The number of anilines is 1. The van der Waals surface area contributed by atoms with Gasteiger partial charge in [0, 0.05) is 33.0 Å². The first kappa shape index (κ1) is 23.8. The molecule has 0 aromatic heterocycles. The van der Waals surface area contributed by atoms with Crippen molar-refractivity contribution >= 4 is 34.9 Å². The predicted molar refractivity (Wildman–Crippen MR) is 136 cm³/mol. The van der Waals surface area contributed by atoms with E-state index in [0.717, 1.165) is 36.1 Å². The molecule has 0 atom stereocenters. The number of carbonyl (C=O) groups excluding carboxylic acids is 3. The van der Waals surface area contributed by atoms with E-state index in [1.54, 1.807) is 30.3 Å². The molecule has 3 N–H and O–H groups in total. The van der Waals surface area contributed by atoms with E-state index in [1.165, 1.54) is 11.8 Å². The Labute approximate surface area is 204 Å². The SMILES string of the molecule is CCCCCCNC(=O)c1cc(Sc2ccc(C)cc2)c2c(c1N)C(=O)c1ccccc1C2=O. The number of hydrogen-bond donors (Lipinski definition) is 2. The van der Waals surface area contributed by atoms with Crippen molar-refractivity contribution in [2.24, 2.45) is 0 Å². The maximum absolute atomic E-state index is 13.5. The second-order valence-electron chi connectivity index (χ2n) is 8.52. The summed E-state index contributed by atoms with van der Waals surface area (Å²) in [6.07, 6.45) is 4.14. The minimum absolute atomic E-state index is 0.0576. The first-order valence-electron chi connectivity index (χ1n) is 11.6. The molecule has 0 saturated carbocycles. The Balaban J connectivity index is 1.78. The minimum atomic E-state index is -0.332. The van der Waals surface area contributed by atoms with Gasteiger partial charge in [-0.05, 0) is 31.5 Å². The number of aryl methyl sites for hydroxylation is 1. The van der Waals surface area contributed by atoms with Gasteiger partial charge >= 0.3 is 0 Å². The molecule has 1 amide bonds. The van der Waals surface area contributed by atoms with Crippen molar-refractivity contribution in [2.45, 2.75) is 49.3 Å². The topological polar surface area (TPSA) is 89.3 Å². The van der Waals surface area contributed by atoms with Gasteiger partial charge in [-0.15, -0.1) is 0 Å². The van der Waals surface area contributed by atoms with Gasteiger partial charge in [0.05, 0.1) is 16.8 Å². The van der Waals surface area contributed by atoms with E-state index in [0.29, 0.717) is 22.6 Å². The second-order valence-corrected chi connectivity index (χ2v) is 9.64. The molecule has 0 aliphatic heterocycles. The number of amides is 1. The van der Waals surface area contributed by atoms with Gasteiger partial charge in [0.25, 0.3) is 5.91 Å². The predicted octanol–water partition coefficient (Wildman–Crippen LogP) is 5.81. The summed E-state index contributed by atoms with van der Waals surface area (Å²) in [5, 5.41) is 2.92. The highest BCUT2D eigenvalue weighted by atomic mass is 32.2. The van der Waals surface area contributed by atoms with Crippen molar-refractivity contribution in [3.8, 4) is 0 Å². The van der Waals surface area contributed by atoms with E-state index in [2.05, 4.69) is 12.2 Å². The van der Waals surface area contributed by atoms with Crippen molar-refractivity contribution in [2.75, 3.05) is 12.3 Å². The molecule has 4 rings (SSSR count). The highest BCUT2D eigenvalue weighted by Gasteiger charge is 2.35. The number of unbranched alkanes of at least 4 members (excludes halogenated alkanes) is 3. The van der Waals surface area contributed by atoms with Gasteiger partial charge < -0.3 is 11.1 Å². The van der Waals surface area contributed by atoms with Gasteiger partial charge in [0.15, 0.2) is 11.6 Å². The molecular weight excluding hydrogens is 444 g/mol. The smallest absolute Gasteiger partial charge is 0.253 e. The molecule has 1 aliphatic rings. The number of carbonyl (C=O) groups is 3. The third kappa shape index (κ3) is 4.64. The Hall–Kier alpha value is -3.38. The van der Waals surface area contributed by atoms with Gasteiger partial charge in [-0.2, -0.15) is 0 Å². The Kier molecular flexibility index (Phi) is 7.17. The van der Waals surface area contributed by atoms with Crippen LogP contribution in [0, 0.1) is 6.92 Å². The zero-order chi connectivity index (χ0) is 24.2. The van der Waals surface area contributed by atoms with Crippen LogP contribution in [0.5, 0.6) is 0 Å². The molecule has 0 fully saturated rings. The lowest BCUT2D eigenvalue weighted by Gasteiger charge is -2.23. The number of rotatable bonds is 8. The van der Waals surface area contributed by atoms with Crippen molar-refractivity contribution in [1.29, 1.82) is 0 Å². The molecule has 5 nitrogen and oxygen atoms in total. The number of fused-ring (bicyclic) bond motifs is 2. The van der Waals surface area contributed by atoms with Crippen molar-refractivity contribution in [3.05, 3.63) is 88.0 Å². The lowest BCUT2D eigenvalue weighted by Crippen LogP contribution is -2.29. The Bertz CT molecular complexity index is 1270. The van der Waals surface area contributed by atoms with Gasteiger partial charge in [-0.25, -0.2) is 0 Å². The van der Waals surface area contributed by atoms with Crippen LogP contribution in [0.25, 0.3) is 0 Å². The van der Waals surface area contributed by atoms with Crippen LogP contribution in [0.1, 0.15) is 80.4 Å². The Morgan fingerprint density at radius 3 is 2.21 bits per heavy atom. The normalized spacial score (nSPS) is 12.3. The molecule has 0 bridgehead atoms. The first-order valence-corrected chi connectivity index (χ1v) is 12.4. The number of nitrogens with two attached hydrogens (primary N) is 1. The average Bonchev–Trinajstić information content (AvgIpc) is 2.84. The van der Waals surface area contributed by atoms with E-state index in [4.69, 9.17) is 5.73 Å². The van der Waals surface area contributed by atoms with E-state index >= 15 is 0 Å². The van der Waals surface area contributed by atoms with Crippen LogP contribution in [0.2, 0.25) is 0 Å². The first-order chi connectivity index (χ1) is 16.4. The summed E-state index contributed by atoms with van der Waals surface area (Å²) < 4.78 is 0. The zero-order valence-electron chi connectivity index (χ0n) is 19.4. The minimum Gasteiger partial charge on any atom is -0.397 e. The Morgan fingerprint density at radius 1 is 0.912 bits per heavy atom. The molecule has 0 saturated heterocycles. The Morgan fingerprint density at radius 2 is 1.56 bits per heavy atom. The van der Waals surface area contributed by atoms with Crippen LogP contribution in [0.4, 0.5) is 5.69 Å². The standard InChI is InChI=1S/C28H28N2O3S/c1-3-4-5-8-15-30-28(33)21-16-22(34-18-13-11-17(2)12-14-18)23-24(25(21)29)27(32)20-10-7-6-9-19(20)26(23)31/h6-7,9-14,16H,3-5,8,15,29H2,1-2H3,(H,30,33).